The van der Waals surface area contributed by atoms with Crippen LogP contribution in [0.15, 0.2) is 34.9 Å². The number of nitrogens with two attached hydrogens (primary N) is 3. The number of imidazole rings is 3. The van der Waals surface area contributed by atoms with Crippen LogP contribution < -0.4 is 52.5 Å². The lowest BCUT2D eigenvalue weighted by molar-refractivity contribution is -0.745. The van der Waals surface area contributed by atoms with E-state index in [4.69, 9.17) is 49.9 Å². The number of aliphatic hydroxyl groups excluding tert-OH is 3. The fraction of sp³-hybridized carbons (Fsp3) is 0.545. The van der Waals surface area contributed by atoms with Gasteiger partial charge in [-0.15, -0.1) is 0 Å². The Hall–Kier alpha value is -4.76. The maximum atomic E-state index is 13.6. The minimum Gasteiger partial charge on any atom is -0.770 e. The van der Waals surface area contributed by atoms with Gasteiger partial charge in [0.2, 0.25) is 17.7 Å². The predicted molar refractivity (Wildman–Crippen MR) is 241 cm³/mol. The van der Waals surface area contributed by atoms with Crippen molar-refractivity contribution >= 4 is 92.9 Å². The molecule has 43 heteroatoms. The molecule has 0 bridgehead atoms. The first-order valence-electron chi connectivity index (χ1n) is 21.5. The molecule has 0 aromatic carbocycles. The maximum Gasteiger partial charge on any atom is 0.313 e. The number of nitrogen functional groups attached to an aromatic ring is 3. The van der Waals surface area contributed by atoms with E-state index in [0.717, 1.165) is 37.8 Å². The summed E-state index contributed by atoms with van der Waals surface area (Å²) in [7, 11) is -14.6. The minimum atomic E-state index is -6.46. The smallest absolute Gasteiger partial charge is 0.313 e. The average Bonchev–Trinajstić information content (AvgIpc) is 4.18. The number of nitrogens with zero attached hydrogens (tertiary/aromatic N) is 10. The Morgan fingerprint density at radius 2 is 1.36 bits per heavy atom. The van der Waals surface area contributed by atoms with Crippen molar-refractivity contribution in [1.82, 2.24) is 53.6 Å². The first-order chi connectivity index (χ1) is 35.7. The summed E-state index contributed by atoms with van der Waals surface area (Å²) in [6.07, 6.45) is -14.8. The number of hydrogen-bond acceptors (Lipinski definition) is 33. The van der Waals surface area contributed by atoms with Gasteiger partial charge in [0.05, 0.1) is 39.0 Å². The summed E-state index contributed by atoms with van der Waals surface area (Å²) in [5, 5.41) is 32.8. The van der Waals surface area contributed by atoms with Crippen molar-refractivity contribution in [3.05, 3.63) is 46.0 Å². The van der Waals surface area contributed by atoms with Crippen LogP contribution in [0.1, 0.15) is 18.7 Å². The molecule has 0 aliphatic carbocycles. The predicted octanol–water partition coefficient (Wildman–Crippen LogP) is -5.87. The van der Waals surface area contributed by atoms with Crippen LogP contribution >= 0.6 is 41.6 Å². The Kier molecular flexibility index (Phi) is 15.6. The highest BCUT2D eigenvalue weighted by Crippen LogP contribution is 2.67. The molecule has 76 heavy (non-hydrogen) atoms. The first-order valence-corrected chi connectivity index (χ1v) is 29.0. The second-order valence-electron chi connectivity index (χ2n) is 16.6. The third kappa shape index (κ3) is 11.1. The molecule has 16 atom stereocenters. The van der Waals surface area contributed by atoms with Gasteiger partial charge in [0, 0.05) is 20.0 Å². The fourth-order valence-electron chi connectivity index (χ4n) is 8.54. The highest BCUT2D eigenvalue weighted by atomic mass is 32.7. The second kappa shape index (κ2) is 21.1. The largest absolute Gasteiger partial charge is 0.770 e. The quantitative estimate of drug-likeness (QED) is 0.0261. The summed E-state index contributed by atoms with van der Waals surface area (Å²) in [5.41, 5.74) is 15.5. The molecule has 11 N–H and O–H groups in total. The molecule has 3 aliphatic heterocycles. The van der Waals surface area contributed by atoms with E-state index in [0.29, 0.717) is 0 Å². The van der Waals surface area contributed by atoms with Gasteiger partial charge in [-0.05, 0) is 0 Å². The number of aromatic amines is 2. The highest BCUT2D eigenvalue weighted by molar-refractivity contribution is 8.54. The maximum absolute atomic E-state index is 13.6. The molecule has 7 unspecified atom stereocenters. The molecule has 3 fully saturated rings. The molecule has 0 radical (unpaired) electrons. The van der Waals surface area contributed by atoms with Crippen molar-refractivity contribution in [2.45, 2.75) is 73.6 Å². The number of aryl methyl sites for hydroxylation is 1. The van der Waals surface area contributed by atoms with E-state index >= 15 is 0 Å². The van der Waals surface area contributed by atoms with E-state index < -0.39 is 134 Å². The highest BCUT2D eigenvalue weighted by Gasteiger charge is 2.51. The minimum absolute atomic E-state index is 0.00554. The van der Waals surface area contributed by atoms with Crippen LogP contribution in [0.3, 0.4) is 0 Å². The van der Waals surface area contributed by atoms with Gasteiger partial charge < -0.3 is 89.3 Å². The number of fused-ring (bicyclic) bond motifs is 3. The molecule has 6 aromatic heterocycles. The number of ether oxygens (including phenoxy) is 5. The Morgan fingerprint density at radius 1 is 0.724 bits per heavy atom. The van der Waals surface area contributed by atoms with Crippen molar-refractivity contribution in [3.63, 3.8) is 0 Å². The number of aliphatic hydroxyl groups is 3. The third-order valence-corrected chi connectivity index (χ3v) is 19.2. The average molecular weight is 1170 g/mol. The SMILES string of the molecule is COC1[C@@H](OP(=O)([O-])OC[C@H]2O[C@@H](n3cnc4c(=O)[nH]c(N)nc43)[C@@H](O)C2O)[C@@H](CSP(=O)([O-])OP(=O)([O-])OP(=O)([O-])OC[C@H]2O[C@@H]([n+]3cn(C)c4c(=O)[nH]c(N)nc43)[C@@H](O)C2OC)O[C@H]1n1cnc2c(N)ncnc21. The fourth-order valence-corrected chi connectivity index (χ4v) is 15.3. The zero-order valence-electron chi connectivity index (χ0n) is 38.8. The number of nitrogens with one attached hydrogen (secondary N) is 2. The number of methoxy groups -OCH3 is 2. The number of aromatic nitrogens is 12. The van der Waals surface area contributed by atoms with Gasteiger partial charge in [0.1, 0.15) is 60.7 Å². The van der Waals surface area contributed by atoms with Gasteiger partial charge in [-0.3, -0.25) is 55.8 Å². The normalized spacial score (nSPS) is 30.2. The van der Waals surface area contributed by atoms with E-state index in [1.54, 1.807) is 0 Å². The van der Waals surface area contributed by atoms with Gasteiger partial charge in [-0.25, -0.2) is 28.8 Å². The van der Waals surface area contributed by atoms with Gasteiger partial charge in [-0.2, -0.15) is 4.98 Å². The third-order valence-electron chi connectivity index (χ3n) is 11.8. The summed E-state index contributed by atoms with van der Waals surface area (Å²) in [6.45, 7) is -8.02. The summed E-state index contributed by atoms with van der Waals surface area (Å²) in [5.74, 6) is -1.67. The number of anilines is 3. The van der Waals surface area contributed by atoms with Crippen molar-refractivity contribution in [3.8, 4) is 0 Å². The lowest BCUT2D eigenvalue weighted by atomic mass is 10.1. The first kappa shape index (κ1) is 56.0. The van der Waals surface area contributed by atoms with E-state index in [2.05, 4.69) is 53.0 Å². The van der Waals surface area contributed by atoms with Gasteiger partial charge in [-0.1, -0.05) is 16.4 Å². The Balaban J connectivity index is 0.866. The van der Waals surface area contributed by atoms with Crippen molar-refractivity contribution in [2.75, 3.05) is 50.4 Å². The summed E-state index contributed by atoms with van der Waals surface area (Å²) in [6, 6.07) is 0. The van der Waals surface area contributed by atoms with Crippen molar-refractivity contribution < 1.29 is 104 Å². The second-order valence-corrected chi connectivity index (χ2v) is 24.9. The Labute approximate surface area is 426 Å². The molecule has 0 saturated carbocycles. The molecule has 3 aliphatic rings. The van der Waals surface area contributed by atoms with Crippen LogP contribution in [0.4, 0.5) is 17.7 Å². The zero-order valence-corrected chi connectivity index (χ0v) is 43.2. The monoisotopic (exact) mass is 1170 g/mol. The van der Waals surface area contributed by atoms with E-state index in [-0.39, 0.29) is 62.6 Å². The molecule has 416 valence electrons. The van der Waals surface area contributed by atoms with Gasteiger partial charge in [0.15, 0.2) is 48.2 Å². The van der Waals surface area contributed by atoms with E-state index in [1.807, 2.05) is 0 Å². The lowest BCUT2D eigenvalue weighted by Crippen LogP contribution is -2.46. The number of phosphoric acid groups is 3. The van der Waals surface area contributed by atoms with Crippen LogP contribution in [0.2, 0.25) is 0 Å². The Morgan fingerprint density at radius 3 is 2.07 bits per heavy atom. The van der Waals surface area contributed by atoms with Gasteiger partial charge in [0.25, 0.3) is 40.5 Å². The molecule has 0 spiro atoms. The topological polar surface area (TPSA) is 553 Å². The van der Waals surface area contributed by atoms with Crippen molar-refractivity contribution in [2.24, 2.45) is 7.05 Å². The zero-order chi connectivity index (χ0) is 55.0. The number of phosphoric ester groups is 2. The number of rotatable bonds is 20. The number of H-pyrrole nitrogens is 2. The molecule has 38 nitrogen and oxygen atoms in total. The van der Waals surface area contributed by atoms with Crippen LogP contribution in [0.25, 0.3) is 33.5 Å². The molecular weight excluding hydrogens is 1130 g/mol. The van der Waals surface area contributed by atoms with E-state index in [1.165, 1.54) is 27.1 Å². The summed E-state index contributed by atoms with van der Waals surface area (Å²) >= 11 is -0.345. The Bertz CT molecular complexity index is 3490. The lowest BCUT2D eigenvalue weighted by Gasteiger charge is -2.35. The van der Waals surface area contributed by atoms with Gasteiger partial charge >= 0.3 is 5.65 Å². The molecule has 9 heterocycles. The summed E-state index contributed by atoms with van der Waals surface area (Å²) < 4.78 is 109. The molecule has 0 amide bonds. The number of hydrogen-bond donors (Lipinski definition) is 8. The van der Waals surface area contributed by atoms with E-state index in [9.17, 15) is 62.7 Å². The van der Waals surface area contributed by atoms with Crippen LogP contribution in [-0.4, -0.2) is 157 Å². The van der Waals surface area contributed by atoms with Crippen LogP contribution in [0, 0.1) is 0 Å². The molecular formula is C33H42N15O23P4S-3. The summed E-state index contributed by atoms with van der Waals surface area (Å²) in [4.78, 5) is 106. The molecule has 6 aromatic rings. The van der Waals surface area contributed by atoms with Crippen molar-refractivity contribution in [1.29, 1.82) is 0 Å². The molecule has 9 rings (SSSR count). The standard InChI is InChI=1S/C33H45N15O23P4S/c1-45-10-48(26-16(45)28(53)44-33(36)42-26)30-19(51)20(62-2)12(67-30)5-65-73(56,57)70-74(58,59)71-75(60,61)76-6-13-21(22(63-3)31(68-13)46-8-39-14-23(34)37-7-38-24(14)46)69-72(54,55)64-4-11-17(49)18(50)29(66-11)47-9-40-15-25(47)41-32(35)43-27(15)52/h7-13,17-22,29-31,49-51H,4-6H2,1-3H3,(H11-,34,35,36,37,38,41,42,43,44,52,53,54,55,56,57,58,59,60,61)/p-3/t11-,12-,13-,17?,18+,19+,20?,21+,22?,29-,30-,31-/m1/s1. The van der Waals surface area contributed by atoms with Crippen LogP contribution in [-0.2, 0) is 71.2 Å². The van der Waals surface area contributed by atoms with Crippen LogP contribution in [0.5, 0.6) is 0 Å². The molecule has 3 saturated heterocycles.